The van der Waals surface area contributed by atoms with Crippen molar-refractivity contribution >= 4 is 0 Å². The summed E-state index contributed by atoms with van der Waals surface area (Å²) in [5, 5.41) is 9.09. The Morgan fingerprint density at radius 1 is 1.35 bits per heavy atom. The third-order valence-electron chi connectivity index (χ3n) is 3.69. The Balaban J connectivity index is 2.13. The third kappa shape index (κ3) is 3.08. The van der Waals surface area contributed by atoms with Crippen molar-refractivity contribution in [3.63, 3.8) is 0 Å². The summed E-state index contributed by atoms with van der Waals surface area (Å²) in [6.45, 7) is 5.43. The molecule has 1 aromatic carbocycles. The molecular formula is C15H23NO. The van der Waals surface area contributed by atoms with E-state index in [0.717, 1.165) is 19.6 Å². The monoisotopic (exact) mass is 233 g/mol. The number of aliphatic hydroxyl groups is 1. The van der Waals surface area contributed by atoms with Gasteiger partial charge in [0, 0.05) is 19.6 Å². The predicted molar refractivity (Wildman–Crippen MR) is 71.1 cm³/mol. The molecule has 0 bridgehead atoms. The number of unbranched alkanes of at least 4 members (excludes halogenated alkanes) is 1. The van der Waals surface area contributed by atoms with Gasteiger partial charge in [-0.05, 0) is 23.5 Å². The number of β-amino-alcohol motifs (C(OH)–C–C–N with tert-alkyl or cyclic N) is 1. The highest BCUT2D eigenvalue weighted by molar-refractivity contribution is 5.32. The first-order valence-electron chi connectivity index (χ1n) is 6.76. The van der Waals surface area contributed by atoms with Gasteiger partial charge in [-0.15, -0.1) is 0 Å². The van der Waals surface area contributed by atoms with Crippen molar-refractivity contribution in [2.24, 2.45) is 0 Å². The number of hydrogen-bond donors (Lipinski definition) is 1. The lowest BCUT2D eigenvalue weighted by Gasteiger charge is -2.34. The summed E-state index contributed by atoms with van der Waals surface area (Å²) in [6.07, 6.45) is 3.83. The highest BCUT2D eigenvalue weighted by atomic mass is 16.3. The molecule has 2 rings (SSSR count). The Bertz CT molecular complexity index is 351. The van der Waals surface area contributed by atoms with Crippen molar-refractivity contribution in [3.05, 3.63) is 35.4 Å². The molecule has 1 heterocycles. The Morgan fingerprint density at radius 3 is 2.94 bits per heavy atom. The van der Waals surface area contributed by atoms with Gasteiger partial charge in [-0.2, -0.15) is 0 Å². The molecular weight excluding hydrogens is 210 g/mol. The van der Waals surface area contributed by atoms with E-state index >= 15 is 0 Å². The second-order valence-electron chi connectivity index (χ2n) is 5.00. The van der Waals surface area contributed by atoms with E-state index in [9.17, 15) is 0 Å². The Kier molecular flexibility index (Phi) is 4.57. The summed E-state index contributed by atoms with van der Waals surface area (Å²) in [6, 6.07) is 8.79. The fourth-order valence-electron chi connectivity index (χ4n) is 2.80. The molecule has 1 aliphatic heterocycles. The first-order chi connectivity index (χ1) is 8.35. The minimum atomic E-state index is 0.267. The minimum Gasteiger partial charge on any atom is -0.395 e. The molecule has 0 radical (unpaired) electrons. The van der Waals surface area contributed by atoms with Crippen molar-refractivity contribution in [2.75, 3.05) is 19.7 Å². The molecule has 0 aromatic heterocycles. The minimum absolute atomic E-state index is 0.267. The van der Waals surface area contributed by atoms with Gasteiger partial charge in [-0.25, -0.2) is 0 Å². The van der Waals surface area contributed by atoms with Gasteiger partial charge < -0.3 is 5.11 Å². The maximum atomic E-state index is 9.09. The van der Waals surface area contributed by atoms with Crippen molar-refractivity contribution in [2.45, 2.75) is 38.6 Å². The van der Waals surface area contributed by atoms with Crippen molar-refractivity contribution < 1.29 is 5.11 Å². The van der Waals surface area contributed by atoms with Crippen molar-refractivity contribution in [3.8, 4) is 0 Å². The second-order valence-corrected chi connectivity index (χ2v) is 5.00. The summed E-state index contributed by atoms with van der Waals surface area (Å²) in [4.78, 5) is 2.38. The van der Waals surface area contributed by atoms with Crippen LogP contribution < -0.4 is 0 Å². The molecule has 0 saturated carbocycles. The summed E-state index contributed by atoms with van der Waals surface area (Å²) in [5.74, 6) is 0.659. The molecule has 0 amide bonds. The summed E-state index contributed by atoms with van der Waals surface area (Å²) >= 11 is 0. The number of rotatable bonds is 5. The Morgan fingerprint density at radius 2 is 2.18 bits per heavy atom. The quantitative estimate of drug-likeness (QED) is 0.845. The maximum Gasteiger partial charge on any atom is 0.0558 e. The first-order valence-corrected chi connectivity index (χ1v) is 6.76. The number of benzene rings is 1. The van der Waals surface area contributed by atoms with Crippen LogP contribution in [0.5, 0.6) is 0 Å². The molecule has 0 spiro atoms. The van der Waals surface area contributed by atoms with Crippen LogP contribution in [0.15, 0.2) is 24.3 Å². The third-order valence-corrected chi connectivity index (χ3v) is 3.69. The van der Waals surface area contributed by atoms with Crippen LogP contribution in [-0.4, -0.2) is 29.7 Å². The summed E-state index contributed by atoms with van der Waals surface area (Å²) in [7, 11) is 0. The first kappa shape index (κ1) is 12.6. The molecule has 1 aliphatic rings. The highest BCUT2D eigenvalue weighted by Gasteiger charge is 2.23. The van der Waals surface area contributed by atoms with Crippen LogP contribution in [0, 0.1) is 0 Å². The lowest BCUT2D eigenvalue weighted by Crippen LogP contribution is -2.35. The predicted octanol–water partition coefficient (Wildman–Crippen LogP) is 2.77. The number of fused-ring (bicyclic) bond motifs is 1. The zero-order chi connectivity index (χ0) is 12.1. The standard InChI is InChI=1S/C15H23NO/c1-2-3-6-13-11-16(9-10-17)12-14-7-4-5-8-15(13)14/h4-5,7-8,13,17H,2-3,6,9-12H2,1H3. The van der Waals surface area contributed by atoms with E-state index in [1.807, 2.05) is 0 Å². The average Bonchev–Trinajstić information content (AvgIpc) is 2.36. The van der Waals surface area contributed by atoms with Crippen molar-refractivity contribution in [1.82, 2.24) is 4.90 Å². The van der Waals surface area contributed by atoms with E-state index in [-0.39, 0.29) is 6.61 Å². The zero-order valence-corrected chi connectivity index (χ0v) is 10.7. The highest BCUT2D eigenvalue weighted by Crippen LogP contribution is 2.31. The number of aliphatic hydroxyl groups excluding tert-OH is 1. The molecule has 1 unspecified atom stereocenters. The van der Waals surface area contributed by atoms with Gasteiger partial charge in [0.2, 0.25) is 0 Å². The van der Waals surface area contributed by atoms with Gasteiger partial charge in [0.1, 0.15) is 0 Å². The van der Waals surface area contributed by atoms with E-state index in [1.54, 1.807) is 0 Å². The molecule has 1 aromatic rings. The molecule has 2 heteroatoms. The normalized spacial score (nSPS) is 20.2. The topological polar surface area (TPSA) is 23.5 Å². The van der Waals surface area contributed by atoms with E-state index < -0.39 is 0 Å². The van der Waals surface area contributed by atoms with Crippen LogP contribution in [0.3, 0.4) is 0 Å². The summed E-state index contributed by atoms with van der Waals surface area (Å²) < 4.78 is 0. The largest absolute Gasteiger partial charge is 0.395 e. The average molecular weight is 233 g/mol. The molecule has 0 fully saturated rings. The molecule has 2 nitrogen and oxygen atoms in total. The van der Waals surface area contributed by atoms with E-state index in [4.69, 9.17) is 5.11 Å². The SMILES string of the molecule is CCCCC1CN(CCO)Cc2ccccc21. The number of hydrogen-bond acceptors (Lipinski definition) is 2. The Labute approximate surface area is 104 Å². The van der Waals surface area contributed by atoms with Crippen LogP contribution in [0.2, 0.25) is 0 Å². The van der Waals surface area contributed by atoms with Crippen molar-refractivity contribution in [1.29, 1.82) is 0 Å². The van der Waals surface area contributed by atoms with Gasteiger partial charge in [-0.1, -0.05) is 44.0 Å². The fraction of sp³-hybridized carbons (Fsp3) is 0.600. The van der Waals surface area contributed by atoms with Crippen LogP contribution >= 0.6 is 0 Å². The molecule has 17 heavy (non-hydrogen) atoms. The summed E-state index contributed by atoms with van der Waals surface area (Å²) in [5.41, 5.74) is 2.99. The Hall–Kier alpha value is -0.860. The molecule has 1 atom stereocenters. The van der Waals surface area contributed by atoms with E-state index in [2.05, 4.69) is 36.1 Å². The maximum absolute atomic E-state index is 9.09. The zero-order valence-electron chi connectivity index (χ0n) is 10.7. The molecule has 0 saturated heterocycles. The number of nitrogens with zero attached hydrogens (tertiary/aromatic N) is 1. The van der Waals surface area contributed by atoms with Crippen LogP contribution in [0.1, 0.15) is 43.2 Å². The smallest absolute Gasteiger partial charge is 0.0558 e. The van der Waals surface area contributed by atoms with Gasteiger partial charge in [0.05, 0.1) is 6.61 Å². The van der Waals surface area contributed by atoms with E-state index in [1.165, 1.54) is 30.4 Å². The van der Waals surface area contributed by atoms with Gasteiger partial charge >= 0.3 is 0 Å². The molecule has 94 valence electrons. The van der Waals surface area contributed by atoms with E-state index in [0.29, 0.717) is 5.92 Å². The lowest BCUT2D eigenvalue weighted by molar-refractivity contribution is 0.169. The van der Waals surface area contributed by atoms with Gasteiger partial charge in [-0.3, -0.25) is 4.90 Å². The van der Waals surface area contributed by atoms with Crippen LogP contribution in [0.25, 0.3) is 0 Å². The van der Waals surface area contributed by atoms with Crippen LogP contribution in [-0.2, 0) is 6.54 Å². The second kappa shape index (κ2) is 6.18. The lowest BCUT2D eigenvalue weighted by atomic mass is 9.86. The molecule has 0 aliphatic carbocycles. The fourth-order valence-corrected chi connectivity index (χ4v) is 2.80. The van der Waals surface area contributed by atoms with Crippen LogP contribution in [0.4, 0.5) is 0 Å². The van der Waals surface area contributed by atoms with Gasteiger partial charge in [0.25, 0.3) is 0 Å². The van der Waals surface area contributed by atoms with Gasteiger partial charge in [0.15, 0.2) is 0 Å². The molecule has 1 N–H and O–H groups in total.